The first kappa shape index (κ1) is 18.8. The van der Waals surface area contributed by atoms with Gasteiger partial charge in [-0.15, -0.1) is 0 Å². The van der Waals surface area contributed by atoms with Crippen molar-refractivity contribution >= 4 is 29.1 Å². The van der Waals surface area contributed by atoms with Gasteiger partial charge in [-0.2, -0.15) is 18.3 Å². The van der Waals surface area contributed by atoms with Crippen molar-refractivity contribution in [2.45, 2.75) is 12.7 Å². The van der Waals surface area contributed by atoms with Gasteiger partial charge in [-0.1, -0.05) is 53.5 Å². The van der Waals surface area contributed by atoms with Crippen LogP contribution >= 0.6 is 23.2 Å². The van der Waals surface area contributed by atoms with Crippen LogP contribution in [-0.4, -0.2) is 33.3 Å². The zero-order chi connectivity index (χ0) is 20.1. The number of hydrogen-bond donors (Lipinski definition) is 0. The Morgan fingerprint density at radius 1 is 1.00 bits per heavy atom. The van der Waals surface area contributed by atoms with Gasteiger partial charge >= 0.3 is 6.18 Å². The van der Waals surface area contributed by atoms with Gasteiger partial charge in [0, 0.05) is 10.6 Å². The first-order valence-electron chi connectivity index (χ1n) is 8.24. The molecule has 0 radical (unpaired) electrons. The second kappa shape index (κ2) is 6.83. The van der Waals surface area contributed by atoms with Gasteiger partial charge in [0.2, 0.25) is 0 Å². The van der Waals surface area contributed by atoms with E-state index in [1.807, 2.05) is 0 Å². The number of para-hydroxylation sites is 1. The quantitative estimate of drug-likeness (QED) is 0.566. The fraction of sp³-hybridized carbons (Fsp3) is 0.158. The highest BCUT2D eigenvalue weighted by molar-refractivity contribution is 6.34. The summed E-state index contributed by atoms with van der Waals surface area (Å²) in [5.74, 6) is -0.736. The predicted octanol–water partition coefficient (Wildman–Crippen LogP) is 5.36. The van der Waals surface area contributed by atoms with Gasteiger partial charge < -0.3 is 4.90 Å². The summed E-state index contributed by atoms with van der Waals surface area (Å²) in [5.41, 5.74) is 1.67. The second-order valence-corrected chi connectivity index (χ2v) is 7.10. The average Bonchev–Trinajstić information content (AvgIpc) is 3.12. The lowest BCUT2D eigenvalue weighted by Crippen LogP contribution is -2.34. The van der Waals surface area contributed by atoms with E-state index in [4.69, 9.17) is 23.2 Å². The molecule has 2 aromatic carbocycles. The maximum absolute atomic E-state index is 12.8. The van der Waals surface area contributed by atoms with Crippen LogP contribution in [-0.2, 0) is 6.54 Å². The summed E-state index contributed by atoms with van der Waals surface area (Å²) in [4.78, 5) is 13.5. The van der Waals surface area contributed by atoms with E-state index in [2.05, 4.69) is 5.10 Å². The lowest BCUT2D eigenvalue weighted by molar-refractivity contribution is -0.141. The maximum Gasteiger partial charge on any atom is 0.406 e. The van der Waals surface area contributed by atoms with Crippen molar-refractivity contribution in [1.82, 2.24) is 14.7 Å². The van der Waals surface area contributed by atoms with E-state index in [1.54, 1.807) is 48.5 Å². The SMILES string of the molecule is O=C1c2c(nn(-c3ccccc3Cl)c2-c2ccccc2Cl)CN1CC(F)(F)F. The minimum absolute atomic E-state index is 0.109. The van der Waals surface area contributed by atoms with Crippen molar-refractivity contribution in [1.29, 1.82) is 0 Å². The Labute approximate surface area is 168 Å². The minimum Gasteiger partial charge on any atom is -0.323 e. The molecule has 144 valence electrons. The van der Waals surface area contributed by atoms with Crippen LogP contribution in [0.4, 0.5) is 13.2 Å². The first-order chi connectivity index (χ1) is 13.3. The largest absolute Gasteiger partial charge is 0.406 e. The van der Waals surface area contributed by atoms with Crippen LogP contribution in [0.2, 0.25) is 10.0 Å². The predicted molar refractivity (Wildman–Crippen MR) is 99.8 cm³/mol. The lowest BCUT2D eigenvalue weighted by Gasteiger charge is -2.19. The topological polar surface area (TPSA) is 38.1 Å². The number of benzene rings is 2. The molecule has 0 aliphatic carbocycles. The molecular weight excluding hydrogens is 414 g/mol. The Hall–Kier alpha value is -2.51. The number of carbonyl (C=O) groups excluding carboxylic acids is 1. The summed E-state index contributed by atoms with van der Waals surface area (Å²) < 4.78 is 40.0. The van der Waals surface area contributed by atoms with E-state index in [9.17, 15) is 18.0 Å². The molecule has 0 bridgehead atoms. The Balaban J connectivity index is 1.92. The standard InChI is InChI=1S/C19H12Cl2F3N3O/c20-12-6-2-1-5-11(12)17-16-14(9-26(18(16)28)10-19(22,23)24)25-27(17)15-8-4-3-7-13(15)21/h1-8H,9-10H2. The molecular formula is C19H12Cl2F3N3O. The molecule has 0 atom stereocenters. The number of carbonyl (C=O) groups is 1. The summed E-state index contributed by atoms with van der Waals surface area (Å²) in [6.07, 6.45) is -4.50. The number of halogens is 5. The van der Waals surface area contributed by atoms with Gasteiger partial charge in [-0.3, -0.25) is 4.79 Å². The average molecular weight is 426 g/mol. The van der Waals surface area contributed by atoms with Crippen LogP contribution in [0.1, 0.15) is 16.1 Å². The van der Waals surface area contributed by atoms with Gasteiger partial charge in [0.05, 0.1) is 34.2 Å². The third-order valence-electron chi connectivity index (χ3n) is 4.38. The van der Waals surface area contributed by atoms with E-state index in [0.29, 0.717) is 27.0 Å². The van der Waals surface area contributed by atoms with Crippen LogP contribution in [0, 0.1) is 0 Å². The number of nitrogens with zero attached hydrogens (tertiary/aromatic N) is 3. The number of rotatable bonds is 3. The molecule has 0 N–H and O–H groups in total. The molecule has 28 heavy (non-hydrogen) atoms. The van der Waals surface area contributed by atoms with E-state index in [-0.39, 0.29) is 17.8 Å². The first-order valence-corrected chi connectivity index (χ1v) is 8.99. The molecule has 0 unspecified atom stereocenters. The third-order valence-corrected chi connectivity index (χ3v) is 5.03. The zero-order valence-electron chi connectivity index (χ0n) is 14.2. The number of alkyl halides is 3. The van der Waals surface area contributed by atoms with E-state index < -0.39 is 18.6 Å². The van der Waals surface area contributed by atoms with Gasteiger partial charge in [0.25, 0.3) is 5.91 Å². The second-order valence-electron chi connectivity index (χ2n) is 6.29. The number of hydrogen-bond acceptors (Lipinski definition) is 2. The van der Waals surface area contributed by atoms with Crippen LogP contribution in [0.3, 0.4) is 0 Å². The fourth-order valence-corrected chi connectivity index (χ4v) is 3.69. The van der Waals surface area contributed by atoms with E-state index >= 15 is 0 Å². The van der Waals surface area contributed by atoms with Gasteiger partial charge in [0.1, 0.15) is 6.54 Å². The number of fused-ring (bicyclic) bond motifs is 1. The molecule has 0 fully saturated rings. The molecule has 1 amide bonds. The monoisotopic (exact) mass is 425 g/mol. The zero-order valence-corrected chi connectivity index (χ0v) is 15.7. The highest BCUT2D eigenvalue weighted by atomic mass is 35.5. The van der Waals surface area contributed by atoms with Crippen molar-refractivity contribution in [2.24, 2.45) is 0 Å². The van der Waals surface area contributed by atoms with Crippen molar-refractivity contribution in [2.75, 3.05) is 6.54 Å². The van der Waals surface area contributed by atoms with Gasteiger partial charge in [-0.05, 0) is 18.2 Å². The smallest absolute Gasteiger partial charge is 0.323 e. The number of amides is 1. The lowest BCUT2D eigenvalue weighted by atomic mass is 10.1. The van der Waals surface area contributed by atoms with E-state index in [0.717, 1.165) is 4.90 Å². The van der Waals surface area contributed by atoms with Crippen molar-refractivity contribution in [3.8, 4) is 16.9 Å². The Morgan fingerprint density at radius 3 is 2.29 bits per heavy atom. The fourth-order valence-electron chi connectivity index (χ4n) is 3.25. The van der Waals surface area contributed by atoms with Gasteiger partial charge in [-0.25, -0.2) is 4.68 Å². The highest BCUT2D eigenvalue weighted by Crippen LogP contribution is 2.39. The van der Waals surface area contributed by atoms with Gasteiger partial charge in [0.15, 0.2) is 0 Å². The summed E-state index contributed by atoms with van der Waals surface area (Å²) >= 11 is 12.6. The molecule has 4 rings (SSSR count). The Kier molecular flexibility index (Phi) is 4.59. The summed E-state index contributed by atoms with van der Waals surface area (Å²) in [5, 5.41) is 5.15. The van der Waals surface area contributed by atoms with Crippen molar-refractivity contribution < 1.29 is 18.0 Å². The van der Waals surface area contributed by atoms with Crippen LogP contribution in [0.15, 0.2) is 48.5 Å². The maximum atomic E-state index is 12.8. The van der Waals surface area contributed by atoms with Crippen molar-refractivity contribution in [3.05, 3.63) is 69.8 Å². The molecule has 9 heteroatoms. The summed E-state index contributed by atoms with van der Waals surface area (Å²) in [6, 6.07) is 13.6. The van der Waals surface area contributed by atoms with E-state index in [1.165, 1.54) is 4.68 Å². The van der Waals surface area contributed by atoms with Crippen LogP contribution < -0.4 is 0 Å². The summed E-state index contributed by atoms with van der Waals surface area (Å²) in [7, 11) is 0. The minimum atomic E-state index is -4.50. The molecule has 3 aromatic rings. The molecule has 0 saturated carbocycles. The molecule has 0 spiro atoms. The number of aromatic nitrogens is 2. The molecule has 1 aliphatic heterocycles. The normalized spacial score (nSPS) is 13.9. The molecule has 2 heterocycles. The molecule has 1 aromatic heterocycles. The molecule has 1 aliphatic rings. The van der Waals surface area contributed by atoms with Crippen molar-refractivity contribution in [3.63, 3.8) is 0 Å². The van der Waals surface area contributed by atoms with Crippen LogP contribution in [0.5, 0.6) is 0 Å². The Bertz CT molecular complexity index is 1080. The molecule has 0 saturated heterocycles. The van der Waals surface area contributed by atoms with Crippen LogP contribution in [0.25, 0.3) is 16.9 Å². The summed E-state index contributed by atoms with van der Waals surface area (Å²) in [6.45, 7) is -1.57. The molecule has 4 nitrogen and oxygen atoms in total. The Morgan fingerprint density at radius 2 is 1.64 bits per heavy atom. The highest BCUT2D eigenvalue weighted by Gasteiger charge is 2.41. The third kappa shape index (κ3) is 3.25.